The van der Waals surface area contributed by atoms with Crippen molar-refractivity contribution in [2.45, 2.75) is 0 Å². The van der Waals surface area contributed by atoms with Crippen LogP contribution in [0.25, 0.3) is 0 Å². The van der Waals surface area contributed by atoms with Gasteiger partial charge in [-0.25, -0.2) is 0 Å². The molecule has 0 aromatic carbocycles. The Labute approximate surface area is 716 Å². The van der Waals surface area contributed by atoms with Gasteiger partial charge in [0, 0.05) is 0 Å². The molecule has 0 heterocycles. The molecule has 0 aliphatic rings. The summed E-state index contributed by atoms with van der Waals surface area (Å²) >= 11 is -15.7. The molecule has 0 bridgehead atoms. The third kappa shape index (κ3) is 565. The molecule has 0 aromatic heterocycles. The first kappa shape index (κ1) is 176. The van der Waals surface area contributed by atoms with E-state index < -0.39 is 68.2 Å². The molecule has 0 atom stereocenters. The van der Waals surface area contributed by atoms with Crippen molar-refractivity contribution in [1.82, 2.24) is 0 Å². The standard InChI is InChI=1S/20Na.6H2O3S.20H/c;;;;;;;;;;;;;;;;;;;;6*1-4(2)3;;;;;;;;;;;;;;;;;;;;/h;;;;;;;;;;;;;;;;;;;;6*(H2,1,2,3);;;;;;;;;;;;;;;;;;;;. The van der Waals surface area contributed by atoms with Gasteiger partial charge in [0.05, 0.1) is 0 Å². The Hall–Kier alpha value is 20.4. The molecule has 0 saturated heterocycles. The Balaban J connectivity index is -0.00000000337. The van der Waals surface area contributed by atoms with Gasteiger partial charge in [0.2, 0.25) is 0 Å². The Morgan fingerprint density at radius 1 is 0.159 bits per heavy atom. The predicted octanol–water partition coefficient (Wildman–Crippen LogP) is -14.9. The fourth-order valence-electron chi connectivity index (χ4n) is 0. The number of rotatable bonds is 0. The van der Waals surface area contributed by atoms with E-state index in [9.17, 15) is 0 Å². The van der Waals surface area contributed by atoms with Crippen molar-refractivity contribution in [2.75, 3.05) is 0 Å². The monoisotopic (exact) mass is 972 g/mol. The van der Waals surface area contributed by atoms with Crippen molar-refractivity contribution >= 4 is 659 Å². The molecule has 0 aromatic rings. The van der Waals surface area contributed by atoms with Crippen LogP contribution >= 0.6 is 0 Å². The van der Waals surface area contributed by atoms with E-state index in [1.54, 1.807) is 0 Å². The van der Waals surface area contributed by atoms with Crippen molar-refractivity contribution in [2.24, 2.45) is 0 Å². The predicted molar refractivity (Wildman–Crippen MR) is 223 cm³/mol. The van der Waals surface area contributed by atoms with Gasteiger partial charge >= 0.3 is 591 Å². The first-order valence-electron chi connectivity index (χ1n) is 3.19. The molecule has 0 fully saturated rings. The van der Waals surface area contributed by atoms with Gasteiger partial charge in [-0.1, -0.05) is 0 Å². The molecule has 196 valence electrons. The molecule has 0 unspecified atom stereocenters. The Morgan fingerprint density at radius 2 is 0.159 bits per heavy atom. The second-order valence-corrected chi connectivity index (χ2v) is 4.15. The number of hydrogen-bond donors (Lipinski definition) is 12. The van der Waals surface area contributed by atoms with Gasteiger partial charge in [-0.3, -0.25) is 54.6 Å². The molecule has 0 aliphatic heterocycles. The van der Waals surface area contributed by atoms with E-state index in [0.29, 0.717) is 0 Å². The summed E-state index contributed by atoms with van der Waals surface area (Å²) in [7, 11) is 0. The van der Waals surface area contributed by atoms with E-state index in [-0.39, 0.29) is 591 Å². The minimum atomic E-state index is -2.61. The summed E-state index contributed by atoms with van der Waals surface area (Å²) < 4.78 is 137. The molecule has 0 radical (unpaired) electrons. The van der Waals surface area contributed by atoms with Crippen LogP contribution in [-0.4, -0.2) is 671 Å². The zero-order valence-corrected chi connectivity index (χ0v) is 15.2. The maximum absolute atomic E-state index is 8.67. The molecule has 0 amide bonds. The fourth-order valence-corrected chi connectivity index (χ4v) is 0. The average Bonchev–Trinajstić information content (AvgIpc) is 2.08. The van der Waals surface area contributed by atoms with Gasteiger partial charge in [-0.15, -0.1) is 0 Å². The summed E-state index contributed by atoms with van der Waals surface area (Å²) in [6.45, 7) is 0. The summed E-state index contributed by atoms with van der Waals surface area (Å²) in [5.74, 6) is 0. The summed E-state index contributed by atoms with van der Waals surface area (Å²) in [4.78, 5) is 0. The van der Waals surface area contributed by atoms with Gasteiger partial charge in [-0.2, -0.15) is 25.3 Å². The average molecular weight is 972 g/mol. The van der Waals surface area contributed by atoms with Crippen LogP contribution < -0.4 is 0 Å². The molecule has 0 spiro atoms. The van der Waals surface area contributed by atoms with Gasteiger partial charge in [-0.05, 0) is 0 Å². The topological polar surface area (TPSA) is 345 Å². The Bertz CT molecular complexity index is 294. The van der Waals surface area contributed by atoms with Crippen molar-refractivity contribution in [1.29, 1.82) is 0 Å². The molecule has 0 aliphatic carbocycles. The first-order valence-corrected chi connectivity index (χ1v) is 9.57. The third-order valence-electron chi connectivity index (χ3n) is 0. The van der Waals surface area contributed by atoms with Crippen LogP contribution in [-0.2, 0) is 68.2 Å². The molecule has 0 rings (SSSR count). The quantitative estimate of drug-likeness (QED) is 0.0792. The molecule has 44 heteroatoms. The van der Waals surface area contributed by atoms with Crippen LogP contribution in [0.2, 0.25) is 0 Å². The van der Waals surface area contributed by atoms with E-state index >= 15 is 0 Å². The minimum absolute atomic E-state index is 0. The summed E-state index contributed by atoms with van der Waals surface area (Å²) in [6.07, 6.45) is 0. The van der Waals surface area contributed by atoms with E-state index in [1.807, 2.05) is 0 Å². The van der Waals surface area contributed by atoms with Gasteiger partial charge < -0.3 is 0 Å². The molecule has 18 nitrogen and oxygen atoms in total. The second kappa shape index (κ2) is 167. The Kier molecular flexibility index (Phi) is 668. The molecule has 0 saturated carbocycles. The van der Waals surface area contributed by atoms with E-state index in [4.69, 9.17) is 79.9 Å². The SMILES string of the molecule is O=S(O)O.O=S(O)O.O=S(O)O.O=S(O)O.O=S(O)O.O=S(O)O.[NaH].[NaH].[NaH].[NaH].[NaH].[NaH].[NaH].[NaH].[NaH].[NaH].[NaH].[NaH].[NaH].[NaH].[NaH].[NaH].[NaH].[NaH].[NaH].[NaH]. The van der Waals surface area contributed by atoms with Crippen molar-refractivity contribution in [3.05, 3.63) is 0 Å². The van der Waals surface area contributed by atoms with Gasteiger partial charge in [0.15, 0.2) is 0 Å². The Morgan fingerprint density at radius 3 is 0.159 bits per heavy atom. The van der Waals surface area contributed by atoms with Crippen molar-refractivity contribution < 1.29 is 79.9 Å². The second-order valence-electron chi connectivity index (χ2n) is 1.38. The third-order valence-corrected chi connectivity index (χ3v) is 0. The van der Waals surface area contributed by atoms with Crippen molar-refractivity contribution in [3.8, 4) is 0 Å². The molecule has 12 N–H and O–H groups in total. The first-order chi connectivity index (χ1) is 10.4. The molecule has 44 heavy (non-hydrogen) atoms. The maximum atomic E-state index is 8.67. The van der Waals surface area contributed by atoms with Crippen LogP contribution in [0.5, 0.6) is 0 Å². The van der Waals surface area contributed by atoms with E-state index in [1.165, 1.54) is 0 Å². The summed E-state index contributed by atoms with van der Waals surface area (Å²) in [6, 6.07) is 0. The summed E-state index contributed by atoms with van der Waals surface area (Å²) in [5, 5.41) is 0. The zero-order valence-electron chi connectivity index (χ0n) is 10.3. The van der Waals surface area contributed by atoms with Crippen LogP contribution in [0.1, 0.15) is 0 Å². The van der Waals surface area contributed by atoms with Crippen LogP contribution in [0, 0.1) is 0 Å². The summed E-state index contributed by atoms with van der Waals surface area (Å²) in [5.41, 5.74) is 0. The van der Waals surface area contributed by atoms with Crippen LogP contribution in [0.3, 0.4) is 0 Å². The van der Waals surface area contributed by atoms with E-state index in [2.05, 4.69) is 0 Å². The van der Waals surface area contributed by atoms with Crippen molar-refractivity contribution in [3.63, 3.8) is 0 Å². The van der Waals surface area contributed by atoms with Crippen LogP contribution in [0.15, 0.2) is 0 Å². The van der Waals surface area contributed by atoms with E-state index in [0.717, 1.165) is 0 Å². The normalized spacial score (nSPS) is 4.77. The molecular weight excluding hydrogens is 940 g/mol. The molecular formula is H32Na20O18S6. The zero-order chi connectivity index (χ0) is 21.5. The van der Waals surface area contributed by atoms with Gasteiger partial charge in [0.25, 0.3) is 68.2 Å². The van der Waals surface area contributed by atoms with Crippen LogP contribution in [0.4, 0.5) is 0 Å². The fraction of sp³-hybridized carbons (Fsp3) is 0. The number of hydrogen-bond acceptors (Lipinski definition) is 6. The van der Waals surface area contributed by atoms with Gasteiger partial charge in [0.1, 0.15) is 0 Å².